The SMILES string of the molecule is [2H]C([2H])([2H])c1cc(C)c(-c2cc(C([2H])(C)C)c(C([2H])([2H])[2H])cn2)cc1-c1ccccc1. The van der Waals surface area contributed by atoms with Crippen LogP contribution in [0.1, 0.15) is 51.6 Å². The number of hydrogen-bond acceptors (Lipinski definition) is 1. The smallest absolute Gasteiger partial charge is 0.0707 e. The van der Waals surface area contributed by atoms with Crippen LogP contribution in [0, 0.1) is 20.6 Å². The second kappa shape index (κ2) is 6.60. The minimum atomic E-state index is -2.38. The van der Waals surface area contributed by atoms with Gasteiger partial charge >= 0.3 is 0 Å². The van der Waals surface area contributed by atoms with E-state index < -0.39 is 19.6 Å². The van der Waals surface area contributed by atoms with Crippen molar-refractivity contribution >= 4 is 0 Å². The van der Waals surface area contributed by atoms with Crippen molar-refractivity contribution in [1.29, 1.82) is 0 Å². The van der Waals surface area contributed by atoms with E-state index in [2.05, 4.69) is 4.98 Å². The van der Waals surface area contributed by atoms with Crippen LogP contribution in [-0.4, -0.2) is 4.98 Å². The zero-order valence-electron chi connectivity index (χ0n) is 21.1. The van der Waals surface area contributed by atoms with Crippen LogP contribution in [0.4, 0.5) is 0 Å². The number of aromatic nitrogens is 1. The minimum absolute atomic E-state index is 0.0521. The van der Waals surface area contributed by atoms with E-state index >= 15 is 0 Å². The quantitative estimate of drug-likeness (QED) is 0.539. The molecular formula is C23H25N. The first-order valence-electron chi connectivity index (χ1n) is 11.4. The van der Waals surface area contributed by atoms with Gasteiger partial charge in [0.2, 0.25) is 0 Å². The first-order valence-corrected chi connectivity index (χ1v) is 7.91. The average Bonchev–Trinajstić information content (AvgIpc) is 2.66. The summed E-state index contributed by atoms with van der Waals surface area (Å²) in [4.78, 5) is 4.39. The Labute approximate surface area is 155 Å². The number of benzene rings is 2. The van der Waals surface area contributed by atoms with Gasteiger partial charge in [-0.2, -0.15) is 0 Å². The lowest BCUT2D eigenvalue weighted by molar-refractivity contribution is 0.852. The molecule has 1 heterocycles. The third kappa shape index (κ3) is 3.12. The van der Waals surface area contributed by atoms with Crippen molar-refractivity contribution in [3.05, 3.63) is 77.0 Å². The van der Waals surface area contributed by atoms with Gasteiger partial charge in [0, 0.05) is 21.4 Å². The van der Waals surface area contributed by atoms with E-state index in [0.717, 1.165) is 5.56 Å². The summed E-state index contributed by atoms with van der Waals surface area (Å²) in [5.74, 6) is -1.14. The monoisotopic (exact) mass is 322 g/mol. The van der Waals surface area contributed by atoms with E-state index in [0.29, 0.717) is 27.9 Å². The summed E-state index contributed by atoms with van der Waals surface area (Å²) in [6.07, 6.45) is 1.31. The molecule has 0 N–H and O–H groups in total. The summed E-state index contributed by atoms with van der Waals surface area (Å²) >= 11 is 0. The van der Waals surface area contributed by atoms with Crippen LogP contribution < -0.4 is 0 Å². The molecule has 0 radical (unpaired) electrons. The molecule has 0 aliphatic rings. The minimum Gasteiger partial charge on any atom is -0.256 e. The van der Waals surface area contributed by atoms with E-state index in [9.17, 15) is 0 Å². The van der Waals surface area contributed by atoms with Crippen molar-refractivity contribution in [2.24, 2.45) is 0 Å². The van der Waals surface area contributed by atoms with Gasteiger partial charge in [-0.25, -0.2) is 0 Å². The number of nitrogens with zero attached hydrogens (tertiary/aromatic N) is 1. The third-order valence-electron chi connectivity index (χ3n) is 4.17. The van der Waals surface area contributed by atoms with E-state index in [1.165, 1.54) is 6.20 Å². The molecule has 0 aliphatic carbocycles. The molecule has 1 heteroatoms. The number of pyridine rings is 1. The molecule has 3 aromatic rings. The van der Waals surface area contributed by atoms with Crippen LogP contribution in [0.15, 0.2) is 54.7 Å². The molecule has 0 saturated carbocycles. The van der Waals surface area contributed by atoms with Crippen molar-refractivity contribution in [2.75, 3.05) is 0 Å². The second-order valence-corrected chi connectivity index (χ2v) is 6.19. The summed E-state index contributed by atoms with van der Waals surface area (Å²) in [7, 11) is 0. The average molecular weight is 323 g/mol. The summed E-state index contributed by atoms with van der Waals surface area (Å²) in [5.41, 5.74) is 3.96. The highest BCUT2D eigenvalue weighted by molar-refractivity contribution is 5.76. The zero-order chi connectivity index (χ0) is 23.2. The normalized spacial score (nSPS) is 16.9. The Hall–Kier alpha value is -2.41. The maximum atomic E-state index is 8.45. The number of hydrogen-bond donors (Lipinski definition) is 0. The number of aryl methyl sites for hydroxylation is 3. The van der Waals surface area contributed by atoms with Crippen molar-refractivity contribution in [2.45, 2.75) is 40.4 Å². The molecule has 0 atom stereocenters. The molecular weight excluding hydrogens is 290 g/mol. The van der Waals surface area contributed by atoms with Gasteiger partial charge in [0.25, 0.3) is 0 Å². The Kier molecular flexibility index (Phi) is 2.69. The Morgan fingerprint density at radius 1 is 0.917 bits per heavy atom. The molecule has 0 fully saturated rings. The molecule has 0 spiro atoms. The van der Waals surface area contributed by atoms with Crippen LogP contribution in [0.3, 0.4) is 0 Å². The molecule has 0 bridgehead atoms. The lowest BCUT2D eigenvalue weighted by atomic mass is 9.91. The lowest BCUT2D eigenvalue weighted by Crippen LogP contribution is -1.97. The number of rotatable bonds is 3. The molecule has 2 aromatic carbocycles. The molecule has 0 unspecified atom stereocenters. The van der Waals surface area contributed by atoms with E-state index in [4.69, 9.17) is 9.60 Å². The Morgan fingerprint density at radius 3 is 2.33 bits per heavy atom. The first-order chi connectivity index (χ1) is 14.2. The topological polar surface area (TPSA) is 12.9 Å². The zero-order valence-corrected chi connectivity index (χ0v) is 14.1. The van der Waals surface area contributed by atoms with Gasteiger partial charge in [0.05, 0.1) is 5.69 Å². The Bertz CT molecular complexity index is 1090. The predicted octanol–water partition coefficient (Wildman–Crippen LogP) is 6.46. The fourth-order valence-corrected chi connectivity index (χ4v) is 2.86. The fourth-order valence-electron chi connectivity index (χ4n) is 2.86. The molecule has 122 valence electrons. The van der Waals surface area contributed by atoms with Crippen LogP contribution >= 0.6 is 0 Å². The summed E-state index contributed by atoms with van der Waals surface area (Å²) in [6.45, 7) is 0.419. The van der Waals surface area contributed by atoms with Gasteiger partial charge in [-0.1, -0.05) is 50.2 Å². The highest BCUT2D eigenvalue weighted by Crippen LogP contribution is 2.32. The molecule has 3 rings (SSSR count). The molecule has 24 heavy (non-hydrogen) atoms. The van der Waals surface area contributed by atoms with Crippen molar-refractivity contribution in [3.63, 3.8) is 0 Å². The summed E-state index contributed by atoms with van der Waals surface area (Å²) in [6, 6.07) is 14.4. The molecule has 0 saturated heterocycles. The van der Waals surface area contributed by atoms with Gasteiger partial charge in [-0.15, -0.1) is 0 Å². The first kappa shape index (κ1) is 9.78. The van der Waals surface area contributed by atoms with Gasteiger partial charge in [-0.05, 0) is 72.0 Å². The molecule has 0 aliphatic heterocycles. The third-order valence-corrected chi connectivity index (χ3v) is 4.17. The van der Waals surface area contributed by atoms with Gasteiger partial charge < -0.3 is 0 Å². The van der Waals surface area contributed by atoms with Crippen molar-refractivity contribution in [1.82, 2.24) is 4.98 Å². The maximum Gasteiger partial charge on any atom is 0.0707 e. The Morgan fingerprint density at radius 2 is 1.67 bits per heavy atom. The maximum absolute atomic E-state index is 8.45. The van der Waals surface area contributed by atoms with Crippen LogP contribution in [0.2, 0.25) is 0 Å². The van der Waals surface area contributed by atoms with E-state index in [1.807, 2.05) is 37.3 Å². The summed E-state index contributed by atoms with van der Waals surface area (Å²) in [5, 5.41) is 0. The van der Waals surface area contributed by atoms with Crippen LogP contribution in [0.25, 0.3) is 22.4 Å². The molecule has 0 amide bonds. The van der Waals surface area contributed by atoms with E-state index in [-0.39, 0.29) is 11.1 Å². The molecule has 1 aromatic heterocycles. The largest absolute Gasteiger partial charge is 0.256 e. The van der Waals surface area contributed by atoms with Crippen molar-refractivity contribution < 1.29 is 9.60 Å². The van der Waals surface area contributed by atoms with Gasteiger partial charge in [-0.3, -0.25) is 4.98 Å². The summed E-state index contributed by atoms with van der Waals surface area (Å²) < 4.78 is 55.8. The Balaban J connectivity index is 2.29. The van der Waals surface area contributed by atoms with Gasteiger partial charge in [0.15, 0.2) is 0 Å². The highest BCUT2D eigenvalue weighted by atomic mass is 14.7. The predicted molar refractivity (Wildman–Crippen MR) is 103 cm³/mol. The van der Waals surface area contributed by atoms with Crippen LogP contribution in [0.5, 0.6) is 0 Å². The highest BCUT2D eigenvalue weighted by Gasteiger charge is 2.12. The van der Waals surface area contributed by atoms with Crippen LogP contribution in [-0.2, 0) is 0 Å². The van der Waals surface area contributed by atoms with Gasteiger partial charge in [0.1, 0.15) is 0 Å². The van der Waals surface area contributed by atoms with Crippen molar-refractivity contribution in [3.8, 4) is 22.4 Å². The lowest BCUT2D eigenvalue weighted by Gasteiger charge is -2.15. The standard InChI is InChI=1S/C23H25N/c1-15(2)20-13-23(24-14-18(20)5)22-12-21(16(3)11-17(22)4)19-9-7-6-8-10-19/h6-15H,1-5H3/i3D3,5D3,15D. The second-order valence-electron chi connectivity index (χ2n) is 6.19. The molecule has 1 nitrogen and oxygen atoms in total. The van der Waals surface area contributed by atoms with E-state index in [1.54, 1.807) is 32.0 Å². The fraction of sp³-hybridized carbons (Fsp3) is 0.261.